The van der Waals surface area contributed by atoms with Gasteiger partial charge in [0.1, 0.15) is 22.3 Å². The van der Waals surface area contributed by atoms with Crippen LogP contribution in [-0.4, -0.2) is 63.8 Å². The van der Waals surface area contributed by atoms with Crippen molar-refractivity contribution in [1.82, 2.24) is 14.9 Å². The van der Waals surface area contributed by atoms with Gasteiger partial charge in [-0.25, -0.2) is 14.8 Å². The Hall–Kier alpha value is -1.90. The average Bonchev–Trinajstić information content (AvgIpc) is 2.52. The fourth-order valence-electron chi connectivity index (χ4n) is 2.53. The molecule has 0 bridgehead atoms. The van der Waals surface area contributed by atoms with Crippen LogP contribution in [0, 0.1) is 0 Å². The van der Waals surface area contributed by atoms with Gasteiger partial charge in [0.25, 0.3) is 0 Å². The molecule has 8 nitrogen and oxygen atoms in total. The molecule has 1 aliphatic rings. The average molecular weight is 415 g/mol. The van der Waals surface area contributed by atoms with Crippen LogP contribution in [0.1, 0.15) is 32.8 Å². The van der Waals surface area contributed by atoms with Crippen molar-refractivity contribution in [1.29, 1.82) is 0 Å². The predicted molar refractivity (Wildman–Crippen MR) is 95.7 cm³/mol. The third-order valence-corrected chi connectivity index (χ3v) is 4.37. The van der Waals surface area contributed by atoms with Crippen LogP contribution >= 0.6 is 15.9 Å². The zero-order valence-electron chi connectivity index (χ0n) is 14.7. The Morgan fingerprint density at radius 1 is 1.24 bits per heavy atom. The molecule has 2 heterocycles. The Labute approximate surface area is 155 Å². The second-order valence-electron chi connectivity index (χ2n) is 6.81. The third kappa shape index (κ3) is 5.55. The maximum atomic E-state index is 12.1. The molecule has 0 spiro atoms. The maximum Gasteiger partial charge on any atom is 0.410 e. The first-order chi connectivity index (χ1) is 11.7. The van der Waals surface area contributed by atoms with Gasteiger partial charge in [0.2, 0.25) is 0 Å². The minimum absolute atomic E-state index is 0.0108. The number of anilines is 1. The summed E-state index contributed by atoms with van der Waals surface area (Å²) in [5.74, 6) is -0.150. The van der Waals surface area contributed by atoms with Gasteiger partial charge in [0, 0.05) is 38.2 Å². The number of hydrogen-bond acceptors (Lipinski definition) is 6. The molecular weight excluding hydrogens is 392 g/mol. The van der Waals surface area contributed by atoms with Crippen LogP contribution in [0.2, 0.25) is 0 Å². The highest BCUT2D eigenvalue weighted by atomic mass is 79.9. The SMILES string of the molecule is CC(C)(C)OC(=O)N1CCN(c2ncnc(Br)c2CCC(=O)O)CC1. The molecule has 0 aromatic carbocycles. The number of piperazine rings is 1. The van der Waals surface area contributed by atoms with Gasteiger partial charge < -0.3 is 19.6 Å². The summed E-state index contributed by atoms with van der Waals surface area (Å²) in [6.45, 7) is 7.77. The highest BCUT2D eigenvalue weighted by Crippen LogP contribution is 2.26. The summed E-state index contributed by atoms with van der Waals surface area (Å²) >= 11 is 3.38. The molecule has 9 heteroatoms. The summed E-state index contributed by atoms with van der Waals surface area (Å²) in [6.07, 6.45) is 1.49. The molecular formula is C16H23BrN4O4. The summed E-state index contributed by atoms with van der Waals surface area (Å²) in [4.78, 5) is 35.2. The minimum Gasteiger partial charge on any atom is -0.481 e. The van der Waals surface area contributed by atoms with Crippen molar-refractivity contribution in [2.75, 3.05) is 31.1 Å². The van der Waals surface area contributed by atoms with Gasteiger partial charge in [-0.1, -0.05) is 0 Å². The van der Waals surface area contributed by atoms with E-state index in [2.05, 4.69) is 25.9 Å². The molecule has 1 fully saturated rings. The van der Waals surface area contributed by atoms with Gasteiger partial charge in [0.15, 0.2) is 0 Å². The summed E-state index contributed by atoms with van der Waals surface area (Å²) in [6, 6.07) is 0. The number of carbonyl (C=O) groups excluding carboxylic acids is 1. The first kappa shape index (κ1) is 19.4. The van der Waals surface area contributed by atoms with E-state index in [1.165, 1.54) is 6.33 Å². The number of aromatic nitrogens is 2. The molecule has 138 valence electrons. The van der Waals surface area contributed by atoms with Crippen molar-refractivity contribution in [3.05, 3.63) is 16.5 Å². The summed E-state index contributed by atoms with van der Waals surface area (Å²) < 4.78 is 6.00. The molecule has 1 amide bonds. The monoisotopic (exact) mass is 414 g/mol. The van der Waals surface area contributed by atoms with E-state index in [1.54, 1.807) is 4.90 Å². The second-order valence-corrected chi connectivity index (χ2v) is 7.57. The Morgan fingerprint density at radius 3 is 2.44 bits per heavy atom. The lowest BCUT2D eigenvalue weighted by molar-refractivity contribution is -0.136. The Morgan fingerprint density at radius 2 is 1.88 bits per heavy atom. The molecule has 1 aliphatic heterocycles. The number of ether oxygens (including phenoxy) is 1. The molecule has 2 rings (SSSR count). The fourth-order valence-corrected chi connectivity index (χ4v) is 3.00. The number of aliphatic carboxylic acids is 1. The van der Waals surface area contributed by atoms with Crippen molar-refractivity contribution in [3.63, 3.8) is 0 Å². The lowest BCUT2D eigenvalue weighted by Crippen LogP contribution is -2.50. The summed E-state index contributed by atoms with van der Waals surface area (Å²) in [7, 11) is 0. The molecule has 1 N–H and O–H groups in total. The van der Waals surface area contributed by atoms with E-state index in [9.17, 15) is 9.59 Å². The smallest absolute Gasteiger partial charge is 0.410 e. The fraction of sp³-hybridized carbons (Fsp3) is 0.625. The van der Waals surface area contributed by atoms with Crippen LogP contribution in [0.3, 0.4) is 0 Å². The van der Waals surface area contributed by atoms with Gasteiger partial charge in [-0.15, -0.1) is 0 Å². The molecule has 0 atom stereocenters. The van der Waals surface area contributed by atoms with E-state index >= 15 is 0 Å². The van der Waals surface area contributed by atoms with E-state index in [1.807, 2.05) is 25.7 Å². The zero-order valence-corrected chi connectivity index (χ0v) is 16.2. The maximum absolute atomic E-state index is 12.1. The number of amides is 1. The van der Waals surface area contributed by atoms with Crippen molar-refractivity contribution in [2.24, 2.45) is 0 Å². The number of carboxylic acid groups (broad SMARTS) is 1. The number of rotatable bonds is 4. The molecule has 0 radical (unpaired) electrons. The van der Waals surface area contributed by atoms with E-state index < -0.39 is 11.6 Å². The molecule has 0 saturated carbocycles. The molecule has 1 aromatic rings. The van der Waals surface area contributed by atoms with Crippen LogP contribution < -0.4 is 4.90 Å². The Kier molecular flexibility index (Phi) is 6.21. The quantitative estimate of drug-likeness (QED) is 0.754. The first-order valence-corrected chi connectivity index (χ1v) is 8.90. The molecule has 1 aromatic heterocycles. The van der Waals surface area contributed by atoms with Crippen molar-refractivity contribution in [3.8, 4) is 0 Å². The number of nitrogens with zero attached hydrogens (tertiary/aromatic N) is 4. The highest BCUT2D eigenvalue weighted by Gasteiger charge is 2.27. The Bertz CT molecular complexity index is 640. The van der Waals surface area contributed by atoms with Crippen molar-refractivity contribution < 1.29 is 19.4 Å². The van der Waals surface area contributed by atoms with E-state index in [-0.39, 0.29) is 12.5 Å². The topological polar surface area (TPSA) is 95.9 Å². The number of carbonyl (C=O) groups is 2. The summed E-state index contributed by atoms with van der Waals surface area (Å²) in [5.41, 5.74) is 0.256. The van der Waals surface area contributed by atoms with Crippen LogP contribution in [0.4, 0.5) is 10.6 Å². The molecule has 25 heavy (non-hydrogen) atoms. The standard InChI is InChI=1S/C16H23BrN4O4/c1-16(2,3)25-15(24)21-8-6-20(7-9-21)14-11(4-5-12(22)23)13(17)18-10-19-14/h10H,4-9H2,1-3H3,(H,22,23). The molecule has 0 aliphatic carbocycles. The van der Waals surface area contributed by atoms with Gasteiger partial charge in [0.05, 0.1) is 0 Å². The normalized spacial score (nSPS) is 15.2. The minimum atomic E-state index is -0.864. The molecule has 0 unspecified atom stereocenters. The van der Waals surface area contributed by atoms with Crippen LogP contribution in [-0.2, 0) is 16.0 Å². The van der Waals surface area contributed by atoms with Gasteiger partial charge >= 0.3 is 12.1 Å². The predicted octanol–water partition coefficient (Wildman–Crippen LogP) is 2.31. The van der Waals surface area contributed by atoms with Crippen molar-refractivity contribution >= 4 is 33.8 Å². The number of hydrogen-bond donors (Lipinski definition) is 1. The van der Waals surface area contributed by atoms with E-state index in [0.29, 0.717) is 43.0 Å². The zero-order chi connectivity index (χ0) is 18.6. The van der Waals surface area contributed by atoms with Gasteiger partial charge in [-0.05, 0) is 43.1 Å². The Balaban J connectivity index is 2.04. The number of carboxylic acids is 1. The number of halogens is 1. The van der Waals surface area contributed by atoms with E-state index in [4.69, 9.17) is 9.84 Å². The van der Waals surface area contributed by atoms with Crippen LogP contribution in [0.25, 0.3) is 0 Å². The first-order valence-electron chi connectivity index (χ1n) is 8.11. The second kappa shape index (κ2) is 7.99. The van der Waals surface area contributed by atoms with Crippen molar-refractivity contribution in [2.45, 2.75) is 39.2 Å². The van der Waals surface area contributed by atoms with Crippen LogP contribution in [0.15, 0.2) is 10.9 Å². The lowest BCUT2D eigenvalue weighted by Gasteiger charge is -2.36. The third-order valence-electron chi connectivity index (χ3n) is 3.69. The molecule has 1 saturated heterocycles. The van der Waals surface area contributed by atoms with Gasteiger partial charge in [-0.2, -0.15) is 0 Å². The van der Waals surface area contributed by atoms with E-state index in [0.717, 1.165) is 5.56 Å². The highest BCUT2D eigenvalue weighted by molar-refractivity contribution is 9.10. The lowest BCUT2D eigenvalue weighted by atomic mass is 10.1. The van der Waals surface area contributed by atoms with Crippen LogP contribution in [0.5, 0.6) is 0 Å². The summed E-state index contributed by atoms with van der Waals surface area (Å²) in [5, 5.41) is 8.93. The van der Waals surface area contributed by atoms with Gasteiger partial charge in [-0.3, -0.25) is 4.79 Å². The largest absolute Gasteiger partial charge is 0.481 e.